The Bertz CT molecular complexity index is 2210. The number of nitro benzene ring substituents is 2. The van der Waals surface area contributed by atoms with Crippen LogP contribution in [-0.4, -0.2) is 32.8 Å². The van der Waals surface area contributed by atoms with E-state index in [1.54, 1.807) is 61.7 Å². The quantitative estimate of drug-likeness (QED) is 0.0908. The molecular weight excluding hydrogens is 650 g/mol. The number of hydrogen-bond acceptors (Lipinski definition) is 10. The van der Waals surface area contributed by atoms with Crippen molar-refractivity contribution in [3.05, 3.63) is 131 Å². The molecule has 13 nitrogen and oxygen atoms in total. The average molecular weight is 670 g/mol. The van der Waals surface area contributed by atoms with Crippen LogP contribution in [0.4, 0.5) is 11.4 Å². The summed E-state index contributed by atoms with van der Waals surface area (Å²) in [5, 5.41) is 28.3. The zero-order valence-electron chi connectivity index (χ0n) is 23.2. The largest absolute Gasteiger partial charge is 0.496 e. The molecule has 14 heteroatoms. The number of halogens is 1. The summed E-state index contributed by atoms with van der Waals surface area (Å²) < 4.78 is 18.5. The van der Waals surface area contributed by atoms with Crippen molar-refractivity contribution in [2.45, 2.75) is 6.61 Å². The number of para-hydroxylation sites is 1. The maximum absolute atomic E-state index is 13.6. The highest BCUT2D eigenvalue weighted by molar-refractivity contribution is 9.10. The van der Waals surface area contributed by atoms with Crippen molar-refractivity contribution >= 4 is 55.4 Å². The fourth-order valence-electron chi connectivity index (χ4n) is 4.66. The summed E-state index contributed by atoms with van der Waals surface area (Å²) in [4.78, 5) is 40.1. The smallest absolute Gasteiger partial charge is 0.312 e. The Morgan fingerprint density at radius 3 is 2.49 bits per heavy atom. The van der Waals surface area contributed by atoms with Crippen molar-refractivity contribution in [2.75, 3.05) is 7.11 Å². The van der Waals surface area contributed by atoms with Crippen molar-refractivity contribution < 1.29 is 23.7 Å². The fourth-order valence-corrected chi connectivity index (χ4v) is 5.24. The number of rotatable bonds is 9. The van der Waals surface area contributed by atoms with Crippen molar-refractivity contribution in [3.63, 3.8) is 0 Å². The molecule has 0 aliphatic rings. The van der Waals surface area contributed by atoms with Gasteiger partial charge in [0.05, 0.1) is 43.9 Å². The summed E-state index contributed by atoms with van der Waals surface area (Å²) in [6.45, 7) is -0.0747. The van der Waals surface area contributed by atoms with E-state index in [1.165, 1.54) is 36.5 Å². The normalized spacial score (nSPS) is 11.3. The van der Waals surface area contributed by atoms with Crippen LogP contribution >= 0.6 is 15.9 Å². The van der Waals surface area contributed by atoms with Crippen molar-refractivity contribution in [1.82, 2.24) is 9.66 Å². The van der Waals surface area contributed by atoms with Gasteiger partial charge in [0.1, 0.15) is 17.9 Å². The van der Waals surface area contributed by atoms with E-state index in [-0.39, 0.29) is 45.4 Å². The lowest BCUT2D eigenvalue weighted by Gasteiger charge is -2.10. The molecular formula is C31H20BrN5O8. The zero-order valence-corrected chi connectivity index (χ0v) is 24.8. The minimum absolute atomic E-state index is 0.0445. The van der Waals surface area contributed by atoms with Gasteiger partial charge in [-0.3, -0.25) is 25.0 Å². The number of aromatic nitrogens is 2. The van der Waals surface area contributed by atoms with Gasteiger partial charge in [-0.1, -0.05) is 18.2 Å². The number of hydrogen-bond donors (Lipinski definition) is 0. The van der Waals surface area contributed by atoms with E-state index in [0.29, 0.717) is 33.2 Å². The Kier molecular flexibility index (Phi) is 7.79. The van der Waals surface area contributed by atoms with Crippen LogP contribution in [0.1, 0.15) is 11.1 Å². The first-order valence-corrected chi connectivity index (χ1v) is 14.0. The second-order valence-electron chi connectivity index (χ2n) is 9.62. The lowest BCUT2D eigenvalue weighted by atomic mass is 10.2. The van der Waals surface area contributed by atoms with Crippen LogP contribution in [0.15, 0.2) is 104 Å². The summed E-state index contributed by atoms with van der Waals surface area (Å²) in [5.41, 5.74) is 0.894. The highest BCUT2D eigenvalue weighted by atomic mass is 79.9. The van der Waals surface area contributed by atoms with Crippen LogP contribution in [0.5, 0.6) is 11.5 Å². The molecule has 45 heavy (non-hydrogen) atoms. The second-order valence-corrected chi connectivity index (χ2v) is 10.5. The lowest BCUT2D eigenvalue weighted by molar-refractivity contribution is -0.386. The number of fused-ring (bicyclic) bond motifs is 2. The minimum Gasteiger partial charge on any atom is -0.496 e. The van der Waals surface area contributed by atoms with Gasteiger partial charge in [-0.15, -0.1) is 0 Å². The molecule has 0 atom stereocenters. The van der Waals surface area contributed by atoms with E-state index in [2.05, 4.69) is 26.0 Å². The van der Waals surface area contributed by atoms with Gasteiger partial charge in [-0.25, -0.2) is 4.98 Å². The number of nitrogens with zero attached hydrogens (tertiary/aromatic N) is 5. The Labute approximate surface area is 261 Å². The molecule has 0 bridgehead atoms. The Balaban J connectivity index is 1.39. The number of furan rings is 1. The molecule has 2 aromatic heterocycles. The summed E-state index contributed by atoms with van der Waals surface area (Å²) in [6, 6.07) is 22.3. The topological polar surface area (TPSA) is 165 Å². The van der Waals surface area contributed by atoms with Gasteiger partial charge in [0.15, 0.2) is 5.76 Å². The second kappa shape index (κ2) is 12.0. The van der Waals surface area contributed by atoms with Crippen LogP contribution in [0.3, 0.4) is 0 Å². The molecule has 0 aliphatic carbocycles. The standard InChI is InChI=1S/C31H20BrN5O8/c1-43-26-7-4-8-27-22(26)15-28(45-27)30-34-24-6-3-2-5-21(24)31(38)35(30)33-16-19-13-23(32)29(25(14-19)37(41)42)44-17-18-9-11-20(12-10-18)36(39)40/h2-16H,17H2,1H3. The van der Waals surface area contributed by atoms with E-state index in [0.717, 1.165) is 4.68 Å². The molecule has 0 aliphatic heterocycles. The highest BCUT2D eigenvalue weighted by Crippen LogP contribution is 2.37. The number of ether oxygens (including phenoxy) is 2. The molecule has 6 aromatic rings. The predicted molar refractivity (Wildman–Crippen MR) is 169 cm³/mol. The molecule has 0 radical (unpaired) electrons. The molecule has 2 heterocycles. The summed E-state index contributed by atoms with van der Waals surface area (Å²) in [7, 11) is 1.54. The van der Waals surface area contributed by atoms with Crippen LogP contribution in [0.25, 0.3) is 33.5 Å². The predicted octanol–water partition coefficient (Wildman–Crippen LogP) is 6.86. The van der Waals surface area contributed by atoms with E-state index in [4.69, 9.17) is 13.9 Å². The van der Waals surface area contributed by atoms with Gasteiger partial charge in [0, 0.05) is 23.8 Å². The van der Waals surface area contributed by atoms with Crippen LogP contribution in [-0.2, 0) is 6.61 Å². The maximum atomic E-state index is 13.6. The number of nitro groups is 2. The zero-order chi connectivity index (χ0) is 31.7. The van der Waals surface area contributed by atoms with E-state index >= 15 is 0 Å². The van der Waals surface area contributed by atoms with Crippen molar-refractivity contribution in [2.24, 2.45) is 5.10 Å². The Morgan fingerprint density at radius 2 is 1.76 bits per heavy atom. The number of non-ortho nitro benzene ring substituents is 1. The minimum atomic E-state index is -0.607. The van der Waals surface area contributed by atoms with Crippen molar-refractivity contribution in [3.8, 4) is 23.1 Å². The summed E-state index contributed by atoms with van der Waals surface area (Å²) >= 11 is 3.34. The molecule has 6 rings (SSSR count). The third-order valence-electron chi connectivity index (χ3n) is 6.81. The SMILES string of the molecule is COc1cccc2oc(-c3nc4ccccc4c(=O)n3N=Cc3cc(Br)c(OCc4ccc([N+](=O)[O-])cc4)c([N+](=O)[O-])c3)cc12. The van der Waals surface area contributed by atoms with Crippen molar-refractivity contribution in [1.29, 1.82) is 0 Å². The van der Waals surface area contributed by atoms with Gasteiger partial charge in [-0.2, -0.15) is 9.78 Å². The van der Waals surface area contributed by atoms with Gasteiger partial charge in [0.2, 0.25) is 11.6 Å². The molecule has 0 spiro atoms. The van der Waals surface area contributed by atoms with Gasteiger partial charge < -0.3 is 13.9 Å². The molecule has 0 saturated heterocycles. The van der Waals surface area contributed by atoms with Gasteiger partial charge in [0.25, 0.3) is 11.2 Å². The Morgan fingerprint density at radius 1 is 0.978 bits per heavy atom. The van der Waals surface area contributed by atoms with Gasteiger partial charge >= 0.3 is 5.69 Å². The van der Waals surface area contributed by atoms with Gasteiger partial charge in [-0.05, 0) is 70.0 Å². The molecule has 0 fully saturated rings. The average Bonchev–Trinajstić information content (AvgIpc) is 3.48. The van der Waals surface area contributed by atoms with E-state index in [1.807, 2.05) is 0 Å². The monoisotopic (exact) mass is 669 g/mol. The third kappa shape index (κ3) is 5.73. The first-order chi connectivity index (χ1) is 21.7. The number of methoxy groups -OCH3 is 1. The summed E-state index contributed by atoms with van der Waals surface area (Å²) in [5.74, 6) is 0.909. The molecule has 0 saturated carbocycles. The Hall–Kier alpha value is -5.89. The van der Waals surface area contributed by atoms with E-state index < -0.39 is 15.4 Å². The fraction of sp³-hybridized carbons (Fsp3) is 0.0645. The highest BCUT2D eigenvalue weighted by Gasteiger charge is 2.22. The molecule has 224 valence electrons. The number of benzene rings is 4. The molecule has 0 amide bonds. The molecule has 0 unspecified atom stereocenters. The lowest BCUT2D eigenvalue weighted by Crippen LogP contribution is -2.20. The third-order valence-corrected chi connectivity index (χ3v) is 7.40. The van der Waals surface area contributed by atoms with Crippen LogP contribution < -0.4 is 15.0 Å². The first kappa shape index (κ1) is 29.2. The molecule has 0 N–H and O–H groups in total. The van der Waals surface area contributed by atoms with Crippen LogP contribution in [0.2, 0.25) is 0 Å². The molecule has 4 aromatic carbocycles. The van der Waals surface area contributed by atoms with E-state index in [9.17, 15) is 25.0 Å². The first-order valence-electron chi connectivity index (χ1n) is 13.2. The summed E-state index contributed by atoms with van der Waals surface area (Å²) in [6.07, 6.45) is 1.29. The maximum Gasteiger partial charge on any atom is 0.312 e. The van der Waals surface area contributed by atoms with Crippen LogP contribution in [0, 0.1) is 20.2 Å².